The zero-order chi connectivity index (χ0) is 6.69. The van der Waals surface area contributed by atoms with Crippen molar-refractivity contribution < 1.29 is 4.79 Å². The molecule has 5 heteroatoms. The Balaban J connectivity index is -0.000000270. The minimum atomic E-state index is -0.379. The lowest BCUT2D eigenvalue weighted by Crippen LogP contribution is -2.09. The highest BCUT2D eigenvalue weighted by Crippen LogP contribution is 1.94. The van der Waals surface area contributed by atoms with Crippen LogP contribution in [0.1, 0.15) is 10.4 Å². The van der Waals surface area contributed by atoms with Gasteiger partial charge < -0.3 is 5.73 Å². The highest BCUT2D eigenvalue weighted by atomic mass is 35.5. The average Bonchev–Trinajstić information content (AvgIpc) is 1.90. The van der Waals surface area contributed by atoms with Gasteiger partial charge in [0.1, 0.15) is 0 Å². The minimum absolute atomic E-state index is 0. The SMILES string of the molecule is Cl.Cl.Cl.NC(=O)c1ccccc1. The number of halogens is 3. The van der Waals surface area contributed by atoms with E-state index in [1.165, 1.54) is 0 Å². The van der Waals surface area contributed by atoms with Crippen LogP contribution in [0.2, 0.25) is 0 Å². The summed E-state index contributed by atoms with van der Waals surface area (Å²) < 4.78 is 0. The maximum Gasteiger partial charge on any atom is 0.248 e. The maximum atomic E-state index is 10.4. The van der Waals surface area contributed by atoms with Gasteiger partial charge in [-0.1, -0.05) is 18.2 Å². The number of rotatable bonds is 1. The zero-order valence-electron chi connectivity index (χ0n) is 6.10. The third-order valence-corrected chi connectivity index (χ3v) is 1.06. The van der Waals surface area contributed by atoms with Gasteiger partial charge in [-0.05, 0) is 12.1 Å². The van der Waals surface area contributed by atoms with E-state index in [1.807, 2.05) is 6.07 Å². The van der Waals surface area contributed by atoms with Crippen LogP contribution in [0, 0.1) is 0 Å². The Hall–Kier alpha value is -0.440. The molecule has 2 nitrogen and oxygen atoms in total. The first-order valence-corrected chi connectivity index (χ1v) is 2.65. The highest BCUT2D eigenvalue weighted by molar-refractivity contribution is 5.92. The van der Waals surface area contributed by atoms with Crippen molar-refractivity contribution in [3.05, 3.63) is 35.9 Å². The molecular formula is C7H10Cl3NO. The molecule has 12 heavy (non-hydrogen) atoms. The monoisotopic (exact) mass is 229 g/mol. The molecule has 70 valence electrons. The lowest BCUT2D eigenvalue weighted by atomic mass is 10.2. The summed E-state index contributed by atoms with van der Waals surface area (Å²) in [5.74, 6) is -0.379. The lowest BCUT2D eigenvalue weighted by molar-refractivity contribution is 0.100. The van der Waals surface area contributed by atoms with Crippen LogP contribution in [-0.4, -0.2) is 5.91 Å². The molecule has 0 unspecified atom stereocenters. The van der Waals surface area contributed by atoms with Crippen molar-refractivity contribution in [2.75, 3.05) is 0 Å². The van der Waals surface area contributed by atoms with Crippen LogP contribution in [0.15, 0.2) is 30.3 Å². The van der Waals surface area contributed by atoms with Crippen molar-refractivity contribution in [3.8, 4) is 0 Å². The molecule has 0 bridgehead atoms. The zero-order valence-corrected chi connectivity index (χ0v) is 8.55. The number of carbonyl (C=O) groups excluding carboxylic acids is 1. The predicted molar refractivity (Wildman–Crippen MR) is 56.7 cm³/mol. The Morgan fingerprint density at radius 2 is 1.42 bits per heavy atom. The van der Waals surface area contributed by atoms with Gasteiger partial charge in [0.15, 0.2) is 0 Å². The van der Waals surface area contributed by atoms with Crippen molar-refractivity contribution in [1.29, 1.82) is 0 Å². The summed E-state index contributed by atoms with van der Waals surface area (Å²) in [5.41, 5.74) is 5.53. The molecule has 1 aromatic carbocycles. The van der Waals surface area contributed by atoms with Crippen LogP contribution in [-0.2, 0) is 0 Å². The molecular weight excluding hydrogens is 220 g/mol. The molecule has 1 rings (SSSR count). The quantitative estimate of drug-likeness (QED) is 0.788. The van der Waals surface area contributed by atoms with Crippen LogP contribution in [0.3, 0.4) is 0 Å². The molecule has 0 aliphatic carbocycles. The van der Waals surface area contributed by atoms with Crippen molar-refractivity contribution in [2.24, 2.45) is 5.73 Å². The summed E-state index contributed by atoms with van der Waals surface area (Å²) in [6.45, 7) is 0. The van der Waals surface area contributed by atoms with Crippen LogP contribution in [0.4, 0.5) is 0 Å². The number of primary amides is 1. The molecule has 0 heterocycles. The van der Waals surface area contributed by atoms with Gasteiger partial charge >= 0.3 is 0 Å². The number of carbonyl (C=O) groups is 1. The van der Waals surface area contributed by atoms with E-state index < -0.39 is 0 Å². The second-order valence-corrected chi connectivity index (χ2v) is 1.73. The molecule has 1 amide bonds. The molecule has 0 aliphatic rings. The third-order valence-electron chi connectivity index (χ3n) is 1.06. The fourth-order valence-corrected chi connectivity index (χ4v) is 0.602. The van der Waals surface area contributed by atoms with Crippen LogP contribution < -0.4 is 5.73 Å². The molecule has 2 N–H and O–H groups in total. The summed E-state index contributed by atoms with van der Waals surface area (Å²) in [5, 5.41) is 0. The van der Waals surface area contributed by atoms with Gasteiger partial charge in [0.2, 0.25) is 5.91 Å². The van der Waals surface area contributed by atoms with E-state index in [0.29, 0.717) is 5.56 Å². The third kappa shape index (κ3) is 5.24. The van der Waals surface area contributed by atoms with Gasteiger partial charge in [0.05, 0.1) is 0 Å². The maximum absolute atomic E-state index is 10.4. The Labute approximate surface area is 89.8 Å². The highest BCUT2D eigenvalue weighted by Gasteiger charge is 1.93. The molecule has 0 aromatic heterocycles. The van der Waals surface area contributed by atoms with E-state index in [9.17, 15) is 4.79 Å². The number of hydrogen-bond acceptors (Lipinski definition) is 1. The number of amides is 1. The van der Waals surface area contributed by atoms with Gasteiger partial charge in [0.25, 0.3) is 0 Å². The van der Waals surface area contributed by atoms with Crippen LogP contribution in [0.5, 0.6) is 0 Å². The largest absolute Gasteiger partial charge is 0.366 e. The standard InChI is InChI=1S/C7H7NO.3ClH/c8-7(9)6-4-2-1-3-5-6;;;/h1-5H,(H2,8,9);3*1H. The first kappa shape index (κ1) is 17.6. The summed E-state index contributed by atoms with van der Waals surface area (Å²) in [4.78, 5) is 10.4. The van der Waals surface area contributed by atoms with E-state index in [-0.39, 0.29) is 43.1 Å². The predicted octanol–water partition coefficient (Wildman–Crippen LogP) is 2.05. The summed E-state index contributed by atoms with van der Waals surface area (Å²) >= 11 is 0. The molecule has 0 aliphatic heterocycles. The van der Waals surface area contributed by atoms with Crippen molar-refractivity contribution in [3.63, 3.8) is 0 Å². The van der Waals surface area contributed by atoms with E-state index in [1.54, 1.807) is 24.3 Å². The summed E-state index contributed by atoms with van der Waals surface area (Å²) in [6, 6.07) is 8.76. The van der Waals surface area contributed by atoms with Gasteiger partial charge in [-0.3, -0.25) is 4.79 Å². The smallest absolute Gasteiger partial charge is 0.248 e. The molecule has 1 aromatic rings. The second-order valence-electron chi connectivity index (χ2n) is 1.73. The Bertz CT molecular complexity index is 215. The topological polar surface area (TPSA) is 43.1 Å². The molecule has 0 saturated heterocycles. The second kappa shape index (κ2) is 8.65. The molecule has 0 saturated carbocycles. The summed E-state index contributed by atoms with van der Waals surface area (Å²) in [7, 11) is 0. The van der Waals surface area contributed by atoms with Gasteiger partial charge in [-0.25, -0.2) is 0 Å². The van der Waals surface area contributed by atoms with Gasteiger partial charge in [-0.15, -0.1) is 37.2 Å². The number of hydrogen-bond donors (Lipinski definition) is 1. The first-order chi connectivity index (χ1) is 4.30. The van der Waals surface area contributed by atoms with E-state index in [4.69, 9.17) is 5.73 Å². The first-order valence-electron chi connectivity index (χ1n) is 2.65. The Morgan fingerprint density at radius 3 is 1.67 bits per heavy atom. The van der Waals surface area contributed by atoms with E-state index in [2.05, 4.69) is 0 Å². The fourth-order valence-electron chi connectivity index (χ4n) is 0.602. The molecule has 0 radical (unpaired) electrons. The van der Waals surface area contributed by atoms with Crippen molar-refractivity contribution in [1.82, 2.24) is 0 Å². The minimum Gasteiger partial charge on any atom is -0.366 e. The number of benzene rings is 1. The van der Waals surface area contributed by atoms with Gasteiger partial charge in [-0.2, -0.15) is 0 Å². The number of nitrogens with two attached hydrogens (primary N) is 1. The van der Waals surface area contributed by atoms with Gasteiger partial charge in [0, 0.05) is 5.56 Å². The van der Waals surface area contributed by atoms with Crippen molar-refractivity contribution >= 4 is 43.1 Å². The Morgan fingerprint density at radius 1 is 1.00 bits per heavy atom. The fraction of sp³-hybridized carbons (Fsp3) is 0. The van der Waals surface area contributed by atoms with E-state index in [0.717, 1.165) is 0 Å². The van der Waals surface area contributed by atoms with Crippen molar-refractivity contribution in [2.45, 2.75) is 0 Å². The molecule has 0 fully saturated rings. The molecule has 0 atom stereocenters. The average molecular weight is 231 g/mol. The normalized spacial score (nSPS) is 6.67. The van der Waals surface area contributed by atoms with E-state index >= 15 is 0 Å². The Kier molecular flexibility index (Phi) is 12.7. The summed E-state index contributed by atoms with van der Waals surface area (Å²) in [6.07, 6.45) is 0. The van der Waals surface area contributed by atoms with Crippen LogP contribution >= 0.6 is 37.2 Å². The lowest BCUT2D eigenvalue weighted by Gasteiger charge is -1.89. The molecule has 0 spiro atoms. The van der Waals surface area contributed by atoms with Crippen LogP contribution in [0.25, 0.3) is 0 Å².